The van der Waals surface area contributed by atoms with Crippen LogP contribution in [0.1, 0.15) is 10.4 Å². The first-order valence-corrected chi connectivity index (χ1v) is 4.21. The number of rotatable bonds is 2. The van der Waals surface area contributed by atoms with E-state index in [4.69, 9.17) is 5.11 Å². The third-order valence-corrected chi connectivity index (χ3v) is 2.43. The molecule has 6 heteroatoms. The molecule has 0 bridgehead atoms. The van der Waals surface area contributed by atoms with E-state index < -0.39 is 18.3 Å². The van der Waals surface area contributed by atoms with Gasteiger partial charge < -0.3 is 9.84 Å². The number of alkyl halides is 3. The minimum atomic E-state index is -4.47. The van der Waals surface area contributed by atoms with Gasteiger partial charge in [-0.15, -0.1) is 11.3 Å². The molecule has 0 amide bonds. The normalized spacial score (nSPS) is 11.8. The minimum Gasteiger partial charge on any atom is -0.495 e. The molecule has 0 aliphatic heterocycles. The molecule has 0 aliphatic rings. The molecule has 74 valence electrons. The molecule has 13 heavy (non-hydrogen) atoms. The van der Waals surface area contributed by atoms with Gasteiger partial charge in [0.15, 0.2) is 0 Å². The SMILES string of the molecule is COc1csc(CO)c1C(F)(F)F. The van der Waals surface area contributed by atoms with Gasteiger partial charge in [0.05, 0.1) is 13.7 Å². The fourth-order valence-electron chi connectivity index (χ4n) is 0.944. The number of methoxy groups -OCH3 is 1. The zero-order valence-electron chi connectivity index (χ0n) is 6.68. The lowest BCUT2D eigenvalue weighted by molar-refractivity contribution is -0.139. The summed E-state index contributed by atoms with van der Waals surface area (Å²) in [6.07, 6.45) is -4.47. The molecule has 0 unspecified atom stereocenters. The lowest BCUT2D eigenvalue weighted by Crippen LogP contribution is -2.08. The summed E-state index contributed by atoms with van der Waals surface area (Å²) in [7, 11) is 1.17. The number of hydrogen-bond acceptors (Lipinski definition) is 3. The zero-order chi connectivity index (χ0) is 10.1. The predicted octanol–water partition coefficient (Wildman–Crippen LogP) is 2.27. The molecule has 0 saturated carbocycles. The molecule has 0 fully saturated rings. The Kier molecular flexibility index (Phi) is 2.82. The Bertz CT molecular complexity index is 271. The fourth-order valence-corrected chi connectivity index (χ4v) is 1.82. The maximum atomic E-state index is 12.3. The van der Waals surface area contributed by atoms with Crippen LogP contribution < -0.4 is 4.74 Å². The summed E-state index contributed by atoms with van der Waals surface area (Å²) in [5.41, 5.74) is -0.873. The second kappa shape index (κ2) is 3.55. The minimum absolute atomic E-state index is 0.121. The lowest BCUT2D eigenvalue weighted by atomic mass is 10.2. The predicted molar refractivity (Wildman–Crippen MR) is 41.8 cm³/mol. The largest absolute Gasteiger partial charge is 0.495 e. The number of halogens is 3. The maximum absolute atomic E-state index is 12.3. The Balaban J connectivity index is 3.20. The molecule has 0 aromatic carbocycles. The van der Waals surface area contributed by atoms with Crippen LogP contribution in [0.25, 0.3) is 0 Å². The molecular formula is C7H7F3O2S. The van der Waals surface area contributed by atoms with E-state index in [1.807, 2.05) is 0 Å². The molecule has 1 aromatic rings. The summed E-state index contributed by atoms with van der Waals surface area (Å²) in [5.74, 6) is -0.235. The van der Waals surface area contributed by atoms with Crippen LogP contribution in [-0.4, -0.2) is 12.2 Å². The maximum Gasteiger partial charge on any atom is 0.421 e. The highest BCUT2D eigenvalue weighted by Gasteiger charge is 2.38. The number of hydrogen-bond donors (Lipinski definition) is 1. The van der Waals surface area contributed by atoms with Crippen molar-refractivity contribution in [3.63, 3.8) is 0 Å². The van der Waals surface area contributed by atoms with Crippen molar-refractivity contribution in [1.82, 2.24) is 0 Å². The van der Waals surface area contributed by atoms with Crippen LogP contribution in [0.3, 0.4) is 0 Å². The monoisotopic (exact) mass is 212 g/mol. The molecule has 0 radical (unpaired) electrons. The summed E-state index contributed by atoms with van der Waals surface area (Å²) in [6.45, 7) is -0.622. The summed E-state index contributed by atoms with van der Waals surface area (Å²) in [4.78, 5) is -0.121. The molecule has 2 nitrogen and oxygen atoms in total. The van der Waals surface area contributed by atoms with Gasteiger partial charge in [-0.2, -0.15) is 13.2 Å². The summed E-state index contributed by atoms with van der Waals surface area (Å²) in [5, 5.41) is 9.88. The first kappa shape index (κ1) is 10.3. The Labute approximate surface area is 76.6 Å². The van der Waals surface area contributed by atoms with Crippen molar-refractivity contribution in [3.05, 3.63) is 15.8 Å². The van der Waals surface area contributed by atoms with Crippen molar-refractivity contribution in [2.24, 2.45) is 0 Å². The van der Waals surface area contributed by atoms with Crippen LogP contribution in [0.2, 0.25) is 0 Å². The fraction of sp³-hybridized carbons (Fsp3) is 0.429. The third-order valence-electron chi connectivity index (χ3n) is 1.48. The van der Waals surface area contributed by atoms with Crippen LogP contribution in [0.5, 0.6) is 5.75 Å². The van der Waals surface area contributed by atoms with Gasteiger partial charge in [-0.1, -0.05) is 0 Å². The topological polar surface area (TPSA) is 29.5 Å². The molecule has 1 N–H and O–H groups in total. The van der Waals surface area contributed by atoms with E-state index >= 15 is 0 Å². The molecule has 0 spiro atoms. The van der Waals surface area contributed by atoms with Gasteiger partial charge >= 0.3 is 6.18 Å². The summed E-state index contributed by atoms with van der Waals surface area (Å²) in [6, 6.07) is 0. The lowest BCUT2D eigenvalue weighted by Gasteiger charge is -2.08. The molecule has 0 atom stereocenters. The van der Waals surface area contributed by atoms with Crippen molar-refractivity contribution < 1.29 is 23.0 Å². The number of aliphatic hydroxyl groups excluding tert-OH is 1. The Morgan fingerprint density at radius 3 is 2.54 bits per heavy atom. The zero-order valence-corrected chi connectivity index (χ0v) is 7.50. The van der Waals surface area contributed by atoms with Crippen molar-refractivity contribution in [1.29, 1.82) is 0 Å². The van der Waals surface area contributed by atoms with Crippen molar-refractivity contribution in [3.8, 4) is 5.75 Å². The van der Waals surface area contributed by atoms with E-state index in [0.29, 0.717) is 0 Å². The van der Waals surface area contributed by atoms with Crippen LogP contribution in [-0.2, 0) is 12.8 Å². The first-order chi connectivity index (χ1) is 6.00. The van der Waals surface area contributed by atoms with Crippen molar-refractivity contribution >= 4 is 11.3 Å². The number of aliphatic hydroxyl groups is 1. The molecule has 0 aliphatic carbocycles. The Hall–Kier alpha value is -0.750. The Morgan fingerprint density at radius 2 is 2.15 bits per heavy atom. The number of ether oxygens (including phenoxy) is 1. The highest BCUT2D eigenvalue weighted by molar-refractivity contribution is 7.10. The van der Waals surface area contributed by atoms with Gasteiger partial charge in [-0.25, -0.2) is 0 Å². The summed E-state index contributed by atoms with van der Waals surface area (Å²) >= 11 is 0.833. The molecule has 1 heterocycles. The second-order valence-corrected chi connectivity index (χ2v) is 3.22. The van der Waals surface area contributed by atoms with Crippen LogP contribution >= 0.6 is 11.3 Å². The van der Waals surface area contributed by atoms with E-state index in [2.05, 4.69) is 4.74 Å². The molecular weight excluding hydrogens is 205 g/mol. The van der Waals surface area contributed by atoms with Gasteiger partial charge in [-0.05, 0) is 0 Å². The molecule has 0 saturated heterocycles. The van der Waals surface area contributed by atoms with Crippen LogP contribution in [0.4, 0.5) is 13.2 Å². The van der Waals surface area contributed by atoms with Gasteiger partial charge in [-0.3, -0.25) is 0 Å². The molecule has 1 rings (SSSR count). The van der Waals surface area contributed by atoms with Gasteiger partial charge in [0.2, 0.25) is 0 Å². The summed E-state index contributed by atoms with van der Waals surface area (Å²) < 4.78 is 41.5. The van der Waals surface area contributed by atoms with E-state index in [1.165, 1.54) is 12.5 Å². The Morgan fingerprint density at radius 1 is 1.54 bits per heavy atom. The third kappa shape index (κ3) is 1.94. The average Bonchev–Trinajstić information content (AvgIpc) is 2.45. The first-order valence-electron chi connectivity index (χ1n) is 3.33. The van der Waals surface area contributed by atoms with Crippen LogP contribution in [0, 0.1) is 0 Å². The van der Waals surface area contributed by atoms with E-state index in [9.17, 15) is 13.2 Å². The number of thiophene rings is 1. The van der Waals surface area contributed by atoms with Gasteiger partial charge in [0.1, 0.15) is 11.3 Å². The standard InChI is InChI=1S/C7H7F3O2S/c1-12-4-3-13-5(2-11)6(4)7(8,9)10/h3,11H,2H2,1H3. The van der Waals surface area contributed by atoms with Crippen LogP contribution in [0.15, 0.2) is 5.38 Å². The van der Waals surface area contributed by atoms with Gasteiger partial charge in [0, 0.05) is 10.3 Å². The highest BCUT2D eigenvalue weighted by Crippen LogP contribution is 2.42. The van der Waals surface area contributed by atoms with E-state index in [-0.39, 0.29) is 10.6 Å². The van der Waals surface area contributed by atoms with Crippen molar-refractivity contribution in [2.45, 2.75) is 12.8 Å². The van der Waals surface area contributed by atoms with E-state index in [1.54, 1.807) is 0 Å². The van der Waals surface area contributed by atoms with Crippen molar-refractivity contribution in [2.75, 3.05) is 7.11 Å². The molecule has 1 aromatic heterocycles. The highest BCUT2D eigenvalue weighted by atomic mass is 32.1. The quantitative estimate of drug-likeness (QED) is 0.814. The van der Waals surface area contributed by atoms with Gasteiger partial charge in [0.25, 0.3) is 0 Å². The average molecular weight is 212 g/mol. The second-order valence-electron chi connectivity index (χ2n) is 2.26. The smallest absolute Gasteiger partial charge is 0.421 e. The van der Waals surface area contributed by atoms with E-state index in [0.717, 1.165) is 11.3 Å².